The molecular weight excluding hydrogens is 167 g/mol. The third-order valence-corrected chi connectivity index (χ3v) is 2.66. The minimum Gasteiger partial charge on any atom is -0.299 e. The van der Waals surface area contributed by atoms with Gasteiger partial charge < -0.3 is 0 Å². The fraction of sp³-hybridized carbons (Fsp3) is 0.500. The third-order valence-electron chi connectivity index (χ3n) is 2.66. The van der Waals surface area contributed by atoms with Crippen LogP contribution in [-0.2, 0) is 0 Å². The zero-order chi connectivity index (χ0) is 9.26. The number of likely N-dealkylation sites (tertiary alicyclic amines) is 1. The SMILES string of the molecule is CN1CCCC1c1ccc(F)nc1. The molecule has 0 aliphatic carbocycles. The molecule has 1 fully saturated rings. The minimum atomic E-state index is -0.399. The van der Waals surface area contributed by atoms with Crippen molar-refractivity contribution in [3.05, 3.63) is 29.8 Å². The van der Waals surface area contributed by atoms with Crippen LogP contribution in [-0.4, -0.2) is 23.5 Å². The van der Waals surface area contributed by atoms with Gasteiger partial charge in [-0.05, 0) is 38.1 Å². The maximum absolute atomic E-state index is 12.5. The Balaban J connectivity index is 2.20. The molecule has 1 aliphatic heterocycles. The zero-order valence-electron chi connectivity index (χ0n) is 7.70. The van der Waals surface area contributed by atoms with Gasteiger partial charge in [-0.1, -0.05) is 6.07 Å². The van der Waals surface area contributed by atoms with Crippen molar-refractivity contribution in [2.45, 2.75) is 18.9 Å². The van der Waals surface area contributed by atoms with Gasteiger partial charge in [-0.25, -0.2) is 4.98 Å². The fourth-order valence-electron chi connectivity index (χ4n) is 1.92. The lowest BCUT2D eigenvalue weighted by atomic mass is 10.1. The van der Waals surface area contributed by atoms with E-state index < -0.39 is 5.95 Å². The van der Waals surface area contributed by atoms with Crippen molar-refractivity contribution in [1.29, 1.82) is 0 Å². The van der Waals surface area contributed by atoms with Crippen LogP contribution < -0.4 is 0 Å². The van der Waals surface area contributed by atoms with Crippen LogP contribution >= 0.6 is 0 Å². The maximum Gasteiger partial charge on any atom is 0.212 e. The smallest absolute Gasteiger partial charge is 0.212 e. The van der Waals surface area contributed by atoms with Gasteiger partial charge in [-0.2, -0.15) is 4.39 Å². The van der Waals surface area contributed by atoms with Crippen molar-refractivity contribution in [3.8, 4) is 0 Å². The van der Waals surface area contributed by atoms with E-state index in [4.69, 9.17) is 0 Å². The molecular formula is C10H13FN2. The Morgan fingerprint density at radius 3 is 2.92 bits per heavy atom. The summed E-state index contributed by atoms with van der Waals surface area (Å²) in [4.78, 5) is 5.95. The van der Waals surface area contributed by atoms with Gasteiger partial charge in [0.25, 0.3) is 0 Å². The van der Waals surface area contributed by atoms with E-state index in [2.05, 4.69) is 16.9 Å². The Hall–Kier alpha value is -0.960. The molecule has 1 aliphatic rings. The summed E-state index contributed by atoms with van der Waals surface area (Å²) in [6.45, 7) is 1.13. The lowest BCUT2D eigenvalue weighted by molar-refractivity contribution is 0.316. The van der Waals surface area contributed by atoms with Gasteiger partial charge in [0.1, 0.15) is 0 Å². The molecule has 0 N–H and O–H groups in total. The molecule has 13 heavy (non-hydrogen) atoms. The summed E-state index contributed by atoms with van der Waals surface area (Å²) in [6.07, 6.45) is 4.02. The van der Waals surface area contributed by atoms with E-state index in [-0.39, 0.29) is 0 Å². The molecule has 2 nitrogen and oxygen atoms in total. The average Bonchev–Trinajstić information content (AvgIpc) is 2.53. The Bertz CT molecular complexity index is 283. The van der Waals surface area contributed by atoms with Gasteiger partial charge in [0, 0.05) is 12.2 Å². The molecule has 70 valence electrons. The van der Waals surface area contributed by atoms with E-state index in [1.807, 2.05) is 6.07 Å². The molecule has 0 bridgehead atoms. The van der Waals surface area contributed by atoms with E-state index >= 15 is 0 Å². The Morgan fingerprint density at radius 1 is 1.54 bits per heavy atom. The molecule has 0 radical (unpaired) electrons. The standard InChI is InChI=1S/C10H13FN2/c1-13-6-2-3-9(13)8-4-5-10(11)12-7-8/h4-5,7,9H,2-3,6H2,1H3. The molecule has 0 amide bonds. The highest BCUT2D eigenvalue weighted by molar-refractivity contribution is 5.15. The summed E-state index contributed by atoms with van der Waals surface area (Å²) >= 11 is 0. The summed E-state index contributed by atoms with van der Waals surface area (Å²) in [5.74, 6) is -0.399. The van der Waals surface area contributed by atoms with Crippen molar-refractivity contribution < 1.29 is 4.39 Å². The van der Waals surface area contributed by atoms with Gasteiger partial charge in [0.15, 0.2) is 0 Å². The van der Waals surface area contributed by atoms with Crippen LogP contribution in [0.2, 0.25) is 0 Å². The first kappa shape index (κ1) is 8.63. The number of hydrogen-bond acceptors (Lipinski definition) is 2. The predicted octanol–water partition coefficient (Wildman–Crippen LogP) is 1.99. The van der Waals surface area contributed by atoms with Crippen LogP contribution in [0.1, 0.15) is 24.4 Å². The van der Waals surface area contributed by atoms with Crippen LogP contribution in [0.25, 0.3) is 0 Å². The van der Waals surface area contributed by atoms with Crippen LogP contribution in [0, 0.1) is 5.95 Å². The lowest BCUT2D eigenvalue weighted by Gasteiger charge is -2.18. The second-order valence-electron chi connectivity index (χ2n) is 3.55. The van der Waals surface area contributed by atoms with Gasteiger partial charge in [0.2, 0.25) is 5.95 Å². The zero-order valence-corrected chi connectivity index (χ0v) is 7.70. The maximum atomic E-state index is 12.5. The van der Waals surface area contributed by atoms with Gasteiger partial charge in [0.05, 0.1) is 0 Å². The highest BCUT2D eigenvalue weighted by atomic mass is 19.1. The van der Waals surface area contributed by atoms with Crippen molar-refractivity contribution in [3.63, 3.8) is 0 Å². The van der Waals surface area contributed by atoms with Gasteiger partial charge in [-0.15, -0.1) is 0 Å². The van der Waals surface area contributed by atoms with E-state index in [1.165, 1.54) is 12.5 Å². The van der Waals surface area contributed by atoms with E-state index in [0.29, 0.717) is 6.04 Å². The third kappa shape index (κ3) is 1.70. The quantitative estimate of drug-likeness (QED) is 0.614. The van der Waals surface area contributed by atoms with Crippen molar-refractivity contribution in [1.82, 2.24) is 9.88 Å². The largest absolute Gasteiger partial charge is 0.299 e. The fourth-order valence-corrected chi connectivity index (χ4v) is 1.92. The molecule has 2 heterocycles. The number of halogens is 1. The van der Waals surface area contributed by atoms with Crippen molar-refractivity contribution in [2.24, 2.45) is 0 Å². The lowest BCUT2D eigenvalue weighted by Crippen LogP contribution is -2.17. The average molecular weight is 180 g/mol. The molecule has 1 saturated heterocycles. The second-order valence-corrected chi connectivity index (χ2v) is 3.55. The molecule has 0 spiro atoms. The highest BCUT2D eigenvalue weighted by Crippen LogP contribution is 2.29. The van der Waals surface area contributed by atoms with Crippen molar-refractivity contribution >= 4 is 0 Å². The Kier molecular flexibility index (Phi) is 2.27. The minimum absolute atomic E-state index is 0.399. The summed E-state index contributed by atoms with van der Waals surface area (Å²) in [5.41, 5.74) is 1.13. The first-order chi connectivity index (χ1) is 6.27. The predicted molar refractivity (Wildman–Crippen MR) is 48.8 cm³/mol. The second kappa shape index (κ2) is 3.42. The molecule has 3 heteroatoms. The Morgan fingerprint density at radius 2 is 2.38 bits per heavy atom. The van der Waals surface area contributed by atoms with Gasteiger partial charge in [-0.3, -0.25) is 4.90 Å². The van der Waals surface area contributed by atoms with E-state index in [1.54, 1.807) is 6.20 Å². The van der Waals surface area contributed by atoms with Crippen LogP contribution in [0.3, 0.4) is 0 Å². The highest BCUT2D eigenvalue weighted by Gasteiger charge is 2.22. The molecule has 0 saturated carbocycles. The van der Waals surface area contributed by atoms with E-state index in [9.17, 15) is 4.39 Å². The monoisotopic (exact) mass is 180 g/mol. The molecule has 0 aromatic carbocycles. The first-order valence-electron chi connectivity index (χ1n) is 4.59. The van der Waals surface area contributed by atoms with Gasteiger partial charge >= 0.3 is 0 Å². The number of nitrogens with zero attached hydrogens (tertiary/aromatic N) is 2. The Labute approximate surface area is 77.4 Å². The molecule has 1 aromatic heterocycles. The number of rotatable bonds is 1. The van der Waals surface area contributed by atoms with Crippen molar-refractivity contribution in [2.75, 3.05) is 13.6 Å². The van der Waals surface area contributed by atoms with E-state index in [0.717, 1.165) is 18.5 Å². The van der Waals surface area contributed by atoms with Crippen LogP contribution in [0.15, 0.2) is 18.3 Å². The molecule has 1 unspecified atom stereocenters. The molecule has 2 rings (SSSR count). The normalized spacial score (nSPS) is 23.7. The summed E-state index contributed by atoms with van der Waals surface area (Å²) in [5, 5.41) is 0. The summed E-state index contributed by atoms with van der Waals surface area (Å²) < 4.78 is 12.5. The van der Waals surface area contributed by atoms with Crippen LogP contribution in [0.4, 0.5) is 4.39 Å². The molecule has 1 aromatic rings. The summed E-state index contributed by atoms with van der Waals surface area (Å²) in [7, 11) is 2.10. The molecule has 1 atom stereocenters. The first-order valence-corrected chi connectivity index (χ1v) is 4.59. The number of hydrogen-bond donors (Lipinski definition) is 0. The summed E-state index contributed by atoms with van der Waals surface area (Å²) in [6, 6.07) is 3.70. The van der Waals surface area contributed by atoms with Crippen LogP contribution in [0.5, 0.6) is 0 Å². The number of aromatic nitrogens is 1. The number of pyridine rings is 1. The topological polar surface area (TPSA) is 16.1 Å².